The Morgan fingerprint density at radius 1 is 1.12 bits per heavy atom. The Morgan fingerprint density at radius 2 is 1.81 bits per heavy atom. The highest BCUT2D eigenvalue weighted by Gasteiger charge is 2.31. The van der Waals surface area contributed by atoms with Gasteiger partial charge in [0.15, 0.2) is 0 Å². The predicted molar refractivity (Wildman–Crippen MR) is 140 cm³/mol. The molecule has 1 aliphatic heterocycles. The fourth-order valence-corrected chi connectivity index (χ4v) is 4.70. The van der Waals surface area contributed by atoms with E-state index >= 15 is 0 Å². The van der Waals surface area contributed by atoms with Crippen LogP contribution in [0, 0.1) is 0 Å². The molecule has 2 aromatic rings. The maximum atomic E-state index is 12.6. The van der Waals surface area contributed by atoms with Gasteiger partial charge in [0.05, 0.1) is 4.91 Å². The normalized spacial score (nSPS) is 15.4. The van der Waals surface area contributed by atoms with Gasteiger partial charge in [-0.3, -0.25) is 9.69 Å². The van der Waals surface area contributed by atoms with Gasteiger partial charge in [0.25, 0.3) is 5.91 Å². The summed E-state index contributed by atoms with van der Waals surface area (Å²) in [6.07, 6.45) is 3.48. The summed E-state index contributed by atoms with van der Waals surface area (Å²) in [4.78, 5) is 14.7. The number of nitrogens with zero attached hydrogens (tertiary/aromatic N) is 1. The molecule has 0 radical (unpaired) electrons. The van der Waals surface area contributed by atoms with E-state index in [1.165, 1.54) is 22.2 Å². The Bertz CT molecular complexity index is 1040. The van der Waals surface area contributed by atoms with Gasteiger partial charge in [0, 0.05) is 16.6 Å². The summed E-state index contributed by atoms with van der Waals surface area (Å²) in [5.74, 6) is 1.37. The Kier molecular flexibility index (Phi) is 8.20. The van der Waals surface area contributed by atoms with Crippen molar-refractivity contribution in [2.45, 2.75) is 26.2 Å². The minimum absolute atomic E-state index is 0.111. The molecule has 4 nitrogen and oxygen atoms in total. The minimum Gasteiger partial charge on any atom is -0.490 e. The zero-order valence-electron chi connectivity index (χ0n) is 18.4. The molecule has 1 aliphatic rings. The van der Waals surface area contributed by atoms with Crippen LogP contribution in [0.25, 0.3) is 6.08 Å². The van der Waals surface area contributed by atoms with Crippen molar-refractivity contribution in [3.63, 3.8) is 0 Å². The second kappa shape index (κ2) is 10.7. The molecule has 3 rings (SSSR count). The first-order valence-electron chi connectivity index (χ1n) is 10.2. The Morgan fingerprint density at radius 3 is 2.47 bits per heavy atom. The van der Waals surface area contributed by atoms with Crippen LogP contribution in [0.3, 0.4) is 0 Å². The Labute approximate surface area is 207 Å². The lowest BCUT2D eigenvalue weighted by atomic mass is 9.87. The van der Waals surface area contributed by atoms with Crippen LogP contribution in [0.1, 0.15) is 31.9 Å². The molecular weight excluding hydrogens is 506 g/mol. The largest absolute Gasteiger partial charge is 0.490 e. The minimum atomic E-state index is -0.118. The SMILES string of the molecule is C=CCN1C(=O)C(=Cc2cc(Br)ccc2OCCOc2ccc(C(C)(C)C)cc2)SC1=S. The molecular formula is C25H26BrNO3S2. The van der Waals surface area contributed by atoms with Crippen LogP contribution in [0.2, 0.25) is 0 Å². The summed E-state index contributed by atoms with van der Waals surface area (Å²) in [7, 11) is 0. The molecule has 1 amide bonds. The van der Waals surface area contributed by atoms with Gasteiger partial charge < -0.3 is 9.47 Å². The summed E-state index contributed by atoms with van der Waals surface area (Å²) in [5, 5.41) is 0. The van der Waals surface area contributed by atoms with E-state index in [4.69, 9.17) is 21.7 Å². The molecule has 0 bridgehead atoms. The lowest BCUT2D eigenvalue weighted by Gasteiger charge is -2.19. The Balaban J connectivity index is 1.64. The quantitative estimate of drug-likeness (QED) is 0.166. The highest BCUT2D eigenvalue weighted by molar-refractivity contribution is 9.10. The van der Waals surface area contributed by atoms with Crippen LogP contribution < -0.4 is 9.47 Å². The zero-order valence-corrected chi connectivity index (χ0v) is 21.6. The monoisotopic (exact) mass is 531 g/mol. The van der Waals surface area contributed by atoms with E-state index in [9.17, 15) is 4.79 Å². The van der Waals surface area contributed by atoms with Crippen LogP contribution in [0.15, 0.2) is 64.5 Å². The molecule has 0 aromatic heterocycles. The summed E-state index contributed by atoms with van der Waals surface area (Å²) < 4.78 is 13.2. The van der Waals surface area contributed by atoms with E-state index < -0.39 is 0 Å². The van der Waals surface area contributed by atoms with Crippen LogP contribution in [0.4, 0.5) is 0 Å². The average Bonchev–Trinajstić information content (AvgIpc) is 3.00. The number of hydrogen-bond acceptors (Lipinski definition) is 5. The molecule has 0 unspecified atom stereocenters. The maximum Gasteiger partial charge on any atom is 0.266 e. The summed E-state index contributed by atoms with van der Waals surface area (Å²) in [6.45, 7) is 11.4. The molecule has 7 heteroatoms. The standard InChI is InChI=1S/C25H26BrNO3S2/c1-5-12-27-23(28)22(32-24(27)31)16-17-15-19(26)8-11-21(17)30-14-13-29-20-9-6-18(7-10-20)25(2,3)4/h5-11,15-16H,1,12-14H2,2-4H3. The number of halogens is 1. The molecule has 0 N–H and O–H groups in total. The van der Waals surface area contributed by atoms with Crippen LogP contribution in [-0.4, -0.2) is 34.9 Å². The summed E-state index contributed by atoms with van der Waals surface area (Å²) in [6, 6.07) is 13.8. The van der Waals surface area contributed by atoms with Gasteiger partial charge in [-0.2, -0.15) is 0 Å². The van der Waals surface area contributed by atoms with E-state index in [1.807, 2.05) is 36.4 Å². The van der Waals surface area contributed by atoms with Gasteiger partial charge in [0.1, 0.15) is 29.0 Å². The first-order valence-corrected chi connectivity index (χ1v) is 12.2. The number of ether oxygens (including phenoxy) is 2. The molecule has 0 saturated carbocycles. The van der Waals surface area contributed by atoms with Gasteiger partial charge >= 0.3 is 0 Å². The third kappa shape index (κ3) is 6.24. The molecule has 2 aromatic carbocycles. The van der Waals surface area contributed by atoms with E-state index in [0.29, 0.717) is 34.7 Å². The highest BCUT2D eigenvalue weighted by Crippen LogP contribution is 2.35. The average molecular weight is 533 g/mol. The number of thiocarbonyl (C=S) groups is 1. The molecule has 0 spiro atoms. The van der Waals surface area contributed by atoms with Crippen LogP contribution >= 0.6 is 39.9 Å². The fraction of sp³-hybridized carbons (Fsp3) is 0.280. The highest BCUT2D eigenvalue weighted by atomic mass is 79.9. The van der Waals surface area contributed by atoms with Crippen molar-refractivity contribution < 1.29 is 14.3 Å². The van der Waals surface area contributed by atoms with Crippen molar-refractivity contribution in [1.82, 2.24) is 4.90 Å². The van der Waals surface area contributed by atoms with E-state index in [0.717, 1.165) is 15.8 Å². The molecule has 1 saturated heterocycles. The first-order chi connectivity index (χ1) is 15.2. The van der Waals surface area contributed by atoms with Gasteiger partial charge in [-0.1, -0.05) is 78.9 Å². The van der Waals surface area contributed by atoms with E-state index in [1.54, 1.807) is 6.08 Å². The maximum absolute atomic E-state index is 12.6. The number of carbonyl (C=O) groups excluding carboxylic acids is 1. The smallest absolute Gasteiger partial charge is 0.266 e. The van der Waals surface area contributed by atoms with Gasteiger partial charge in [-0.05, 0) is 47.4 Å². The predicted octanol–water partition coefficient (Wildman–Crippen LogP) is 6.59. The zero-order chi connectivity index (χ0) is 23.3. The number of amides is 1. The molecule has 1 heterocycles. The second-order valence-corrected chi connectivity index (χ2v) is 10.8. The lowest BCUT2D eigenvalue weighted by molar-refractivity contribution is -0.121. The van der Waals surface area contributed by atoms with Crippen molar-refractivity contribution in [1.29, 1.82) is 0 Å². The lowest BCUT2D eigenvalue weighted by Crippen LogP contribution is -2.27. The van der Waals surface area contributed by atoms with Crippen molar-refractivity contribution in [3.8, 4) is 11.5 Å². The summed E-state index contributed by atoms with van der Waals surface area (Å²) in [5.41, 5.74) is 2.17. The second-order valence-electron chi connectivity index (χ2n) is 8.23. The van der Waals surface area contributed by atoms with E-state index in [2.05, 4.69) is 55.4 Å². The van der Waals surface area contributed by atoms with Crippen molar-refractivity contribution in [2.24, 2.45) is 0 Å². The number of benzene rings is 2. The van der Waals surface area contributed by atoms with Crippen LogP contribution in [0.5, 0.6) is 11.5 Å². The van der Waals surface area contributed by atoms with Gasteiger partial charge in [-0.25, -0.2) is 0 Å². The third-order valence-corrected chi connectivity index (χ3v) is 6.64. The van der Waals surface area contributed by atoms with Gasteiger partial charge in [0.2, 0.25) is 0 Å². The number of rotatable bonds is 8. The van der Waals surface area contributed by atoms with Crippen LogP contribution in [-0.2, 0) is 10.2 Å². The van der Waals surface area contributed by atoms with E-state index in [-0.39, 0.29) is 11.3 Å². The summed E-state index contributed by atoms with van der Waals surface area (Å²) >= 11 is 10.1. The van der Waals surface area contributed by atoms with Gasteiger partial charge in [-0.15, -0.1) is 6.58 Å². The first kappa shape index (κ1) is 24.6. The molecule has 168 valence electrons. The topological polar surface area (TPSA) is 38.8 Å². The number of carbonyl (C=O) groups is 1. The third-order valence-electron chi connectivity index (χ3n) is 4.77. The Hall–Kier alpha value is -2.09. The molecule has 0 atom stereocenters. The fourth-order valence-electron chi connectivity index (χ4n) is 3.05. The van der Waals surface area contributed by atoms with Crippen molar-refractivity contribution in [3.05, 3.63) is 75.6 Å². The molecule has 1 fully saturated rings. The number of thioether (sulfide) groups is 1. The number of hydrogen-bond donors (Lipinski definition) is 0. The molecule has 0 aliphatic carbocycles. The van der Waals surface area contributed by atoms with Crippen molar-refractivity contribution in [2.75, 3.05) is 19.8 Å². The molecule has 32 heavy (non-hydrogen) atoms. The van der Waals surface area contributed by atoms with Crippen molar-refractivity contribution >= 4 is 56.2 Å².